The normalized spacial score (nSPS) is 22.5. The van der Waals surface area contributed by atoms with Crippen LogP contribution in [0.5, 0.6) is 0 Å². The highest BCUT2D eigenvalue weighted by atomic mass is 32.2. The topological polar surface area (TPSA) is 70.6 Å². The van der Waals surface area contributed by atoms with E-state index in [9.17, 15) is 17.6 Å². The highest BCUT2D eigenvalue weighted by Gasteiger charge is 2.38. The number of rotatable bonds is 4. The molecule has 174 valence electrons. The number of benzene rings is 2. The number of amides is 1. The number of para-hydroxylation sites is 1. The summed E-state index contributed by atoms with van der Waals surface area (Å²) in [5, 5.41) is 1.03. The molecule has 0 bridgehead atoms. The number of halogens is 1. The first kappa shape index (κ1) is 22.4. The van der Waals surface area contributed by atoms with Crippen molar-refractivity contribution in [1.82, 2.24) is 14.2 Å². The van der Waals surface area contributed by atoms with Crippen molar-refractivity contribution >= 4 is 37.5 Å². The molecule has 1 saturated carbocycles. The fourth-order valence-electron chi connectivity index (χ4n) is 4.93. The Morgan fingerprint density at radius 1 is 1.00 bits per heavy atom. The number of carbonyl (C=O) groups is 1. The van der Waals surface area contributed by atoms with Crippen molar-refractivity contribution in [2.75, 3.05) is 26.2 Å². The van der Waals surface area contributed by atoms with Gasteiger partial charge in [0.05, 0.1) is 20.1 Å². The van der Waals surface area contributed by atoms with Crippen molar-refractivity contribution in [3.63, 3.8) is 0 Å². The maximum atomic E-state index is 13.5. The van der Waals surface area contributed by atoms with E-state index >= 15 is 0 Å². The van der Waals surface area contributed by atoms with Crippen LogP contribution in [0, 0.1) is 11.7 Å². The van der Waals surface area contributed by atoms with Crippen LogP contribution in [-0.2, 0) is 14.8 Å². The zero-order valence-corrected chi connectivity index (χ0v) is 19.8. The van der Waals surface area contributed by atoms with Crippen LogP contribution >= 0.6 is 11.3 Å². The van der Waals surface area contributed by atoms with Gasteiger partial charge in [-0.3, -0.25) is 4.79 Å². The Kier molecular flexibility index (Phi) is 6.20. The van der Waals surface area contributed by atoms with Crippen LogP contribution in [0.4, 0.5) is 4.39 Å². The summed E-state index contributed by atoms with van der Waals surface area (Å²) in [6.45, 7) is 1.11. The third-order valence-electron chi connectivity index (χ3n) is 6.69. The van der Waals surface area contributed by atoms with Crippen LogP contribution in [0.3, 0.4) is 0 Å². The average molecular weight is 488 g/mol. The van der Waals surface area contributed by atoms with Gasteiger partial charge in [-0.15, -0.1) is 11.3 Å². The Morgan fingerprint density at radius 2 is 1.76 bits per heavy atom. The lowest BCUT2D eigenvalue weighted by Crippen LogP contribution is -2.52. The second-order valence-electron chi connectivity index (χ2n) is 8.70. The number of hydrogen-bond acceptors (Lipinski definition) is 5. The summed E-state index contributed by atoms with van der Waals surface area (Å²) >= 11 is 1.67. The van der Waals surface area contributed by atoms with Crippen LogP contribution < -0.4 is 0 Å². The number of sulfonamides is 1. The summed E-state index contributed by atoms with van der Waals surface area (Å²) in [5.41, 5.74) is 0.977. The highest BCUT2D eigenvalue weighted by molar-refractivity contribution is 7.89. The average Bonchev–Trinajstić information content (AvgIpc) is 3.28. The van der Waals surface area contributed by atoms with Gasteiger partial charge in [-0.25, -0.2) is 17.8 Å². The molecule has 0 N–H and O–H groups in total. The van der Waals surface area contributed by atoms with E-state index in [-0.39, 0.29) is 35.7 Å². The van der Waals surface area contributed by atoms with Crippen molar-refractivity contribution in [3.8, 4) is 0 Å². The first-order valence-corrected chi connectivity index (χ1v) is 13.6. The molecule has 6 nitrogen and oxygen atoms in total. The molecule has 1 saturated heterocycles. The Morgan fingerprint density at radius 3 is 2.52 bits per heavy atom. The second-order valence-corrected chi connectivity index (χ2v) is 11.7. The molecule has 33 heavy (non-hydrogen) atoms. The smallest absolute Gasteiger partial charge is 0.243 e. The van der Waals surface area contributed by atoms with E-state index in [1.807, 2.05) is 18.2 Å². The molecule has 2 aromatic carbocycles. The van der Waals surface area contributed by atoms with Crippen molar-refractivity contribution in [2.45, 2.75) is 36.5 Å². The summed E-state index contributed by atoms with van der Waals surface area (Å²) in [4.78, 5) is 20.1. The Hall–Kier alpha value is -2.36. The largest absolute Gasteiger partial charge is 0.340 e. The third kappa shape index (κ3) is 4.41. The van der Waals surface area contributed by atoms with Crippen LogP contribution in [0.15, 0.2) is 53.4 Å². The van der Waals surface area contributed by atoms with Crippen molar-refractivity contribution in [2.24, 2.45) is 5.92 Å². The van der Waals surface area contributed by atoms with Crippen LogP contribution in [0.2, 0.25) is 0 Å². The molecule has 3 aromatic rings. The van der Waals surface area contributed by atoms with E-state index in [4.69, 9.17) is 4.98 Å². The van der Waals surface area contributed by atoms with Gasteiger partial charge < -0.3 is 4.90 Å². The summed E-state index contributed by atoms with van der Waals surface area (Å²) in [5.74, 6) is -0.492. The maximum Gasteiger partial charge on any atom is 0.243 e. The van der Waals surface area contributed by atoms with Gasteiger partial charge in [-0.2, -0.15) is 4.31 Å². The predicted octanol–water partition coefficient (Wildman–Crippen LogP) is 4.24. The zero-order valence-electron chi connectivity index (χ0n) is 18.2. The van der Waals surface area contributed by atoms with Gasteiger partial charge in [0.2, 0.25) is 15.9 Å². The molecule has 9 heteroatoms. The molecule has 2 aliphatic rings. The van der Waals surface area contributed by atoms with Gasteiger partial charge in [0.15, 0.2) is 0 Å². The maximum absolute atomic E-state index is 13.5. The molecule has 1 aromatic heterocycles. The Bertz CT molecular complexity index is 1240. The van der Waals surface area contributed by atoms with E-state index in [0.717, 1.165) is 47.0 Å². The van der Waals surface area contributed by atoms with Crippen LogP contribution in [0.1, 0.15) is 36.6 Å². The molecule has 1 aliphatic carbocycles. The van der Waals surface area contributed by atoms with E-state index in [1.165, 1.54) is 22.5 Å². The molecule has 2 heterocycles. The number of nitrogens with zero attached hydrogens (tertiary/aromatic N) is 3. The third-order valence-corrected chi connectivity index (χ3v) is 9.76. The summed E-state index contributed by atoms with van der Waals surface area (Å²) in [6.07, 6.45) is 3.89. The van der Waals surface area contributed by atoms with E-state index < -0.39 is 15.8 Å². The minimum Gasteiger partial charge on any atom is -0.340 e. The molecule has 5 rings (SSSR count). The SMILES string of the molecule is O=C(C1CCCCC1c1nc2ccccc2s1)N1CCN(S(=O)(=O)c2cccc(F)c2)CC1. The first-order chi connectivity index (χ1) is 15.9. The van der Waals surface area contributed by atoms with Gasteiger partial charge >= 0.3 is 0 Å². The van der Waals surface area contributed by atoms with Crippen LogP contribution in [0.25, 0.3) is 10.2 Å². The molecular formula is C24H26FN3O3S2. The fourth-order valence-corrected chi connectivity index (χ4v) is 7.55. The van der Waals surface area contributed by atoms with Crippen LogP contribution in [-0.4, -0.2) is 54.7 Å². The first-order valence-electron chi connectivity index (χ1n) is 11.3. The number of fused-ring (bicyclic) bond motifs is 1. The number of piperazine rings is 1. The fraction of sp³-hybridized carbons (Fsp3) is 0.417. The molecule has 0 spiro atoms. The molecule has 2 unspecified atom stereocenters. The molecule has 1 amide bonds. The lowest BCUT2D eigenvalue weighted by atomic mass is 9.78. The molecule has 2 fully saturated rings. The summed E-state index contributed by atoms with van der Waals surface area (Å²) in [6, 6.07) is 13.1. The monoisotopic (exact) mass is 487 g/mol. The van der Waals surface area contributed by atoms with Gasteiger partial charge in [0.25, 0.3) is 0 Å². The lowest BCUT2D eigenvalue weighted by molar-refractivity contribution is -0.138. The van der Waals surface area contributed by atoms with Gasteiger partial charge in [-0.05, 0) is 43.2 Å². The number of carbonyl (C=O) groups excluding carboxylic acids is 1. The molecular weight excluding hydrogens is 461 g/mol. The zero-order chi connectivity index (χ0) is 23.0. The van der Waals surface area contributed by atoms with Crippen molar-refractivity contribution in [3.05, 3.63) is 59.4 Å². The standard InChI is InChI=1S/C24H26FN3O3S2/c25-17-6-5-7-18(16-17)33(30,31)28-14-12-27(13-15-28)24(29)20-9-2-1-8-19(20)23-26-21-10-3-4-11-22(21)32-23/h3-7,10-11,16,19-20H,1-2,8-9,12-15H2. The van der Waals surface area contributed by atoms with Gasteiger partial charge in [-0.1, -0.05) is 31.0 Å². The Balaban J connectivity index is 1.29. The van der Waals surface area contributed by atoms with Gasteiger partial charge in [0.1, 0.15) is 5.82 Å². The molecule has 0 radical (unpaired) electrons. The predicted molar refractivity (Wildman–Crippen MR) is 126 cm³/mol. The quantitative estimate of drug-likeness (QED) is 0.552. The lowest BCUT2D eigenvalue weighted by Gasteiger charge is -2.38. The molecule has 2 atom stereocenters. The minimum absolute atomic E-state index is 0.0505. The van der Waals surface area contributed by atoms with E-state index in [2.05, 4.69) is 6.07 Å². The number of thiazole rings is 1. The van der Waals surface area contributed by atoms with E-state index in [0.29, 0.717) is 13.1 Å². The van der Waals surface area contributed by atoms with Crippen molar-refractivity contribution < 1.29 is 17.6 Å². The summed E-state index contributed by atoms with van der Waals surface area (Å²) in [7, 11) is -3.78. The van der Waals surface area contributed by atoms with E-state index in [1.54, 1.807) is 16.2 Å². The van der Waals surface area contributed by atoms with Gasteiger partial charge in [0, 0.05) is 38.0 Å². The number of hydrogen-bond donors (Lipinski definition) is 0. The minimum atomic E-state index is -3.78. The highest BCUT2D eigenvalue weighted by Crippen LogP contribution is 2.41. The second kappa shape index (κ2) is 9.12. The van der Waals surface area contributed by atoms with Crippen molar-refractivity contribution in [1.29, 1.82) is 0 Å². The molecule has 1 aliphatic heterocycles. The number of aromatic nitrogens is 1. The summed E-state index contributed by atoms with van der Waals surface area (Å²) < 4.78 is 41.8. The Labute approximate surface area is 197 Å².